The van der Waals surface area contributed by atoms with Gasteiger partial charge in [-0.25, -0.2) is 8.42 Å². The maximum Gasteiger partial charge on any atom is 0.290 e. The van der Waals surface area contributed by atoms with Crippen LogP contribution in [-0.4, -0.2) is 55.8 Å². The topological polar surface area (TPSA) is 83.8 Å². The zero-order valence-electron chi connectivity index (χ0n) is 12.4. The van der Waals surface area contributed by atoms with E-state index >= 15 is 0 Å². The summed E-state index contributed by atoms with van der Waals surface area (Å²) < 4.78 is 26.8. The van der Waals surface area contributed by atoms with Crippen LogP contribution in [0.4, 0.5) is 5.69 Å². The second kappa shape index (κ2) is 6.49. The highest BCUT2D eigenvalue weighted by Crippen LogP contribution is 2.31. The average molecular weight is 348 g/mol. The first-order valence-electron chi connectivity index (χ1n) is 6.84. The minimum atomic E-state index is -3.91. The summed E-state index contributed by atoms with van der Waals surface area (Å²) >= 11 is 5.74. The number of likely N-dealkylation sites (N-methyl/N-ethyl adjacent to an activating group) is 1. The lowest BCUT2D eigenvalue weighted by molar-refractivity contribution is -0.387. The van der Waals surface area contributed by atoms with Crippen molar-refractivity contribution in [2.45, 2.75) is 23.8 Å². The van der Waals surface area contributed by atoms with Crippen LogP contribution in [0.2, 0.25) is 5.02 Å². The van der Waals surface area contributed by atoms with E-state index in [9.17, 15) is 18.5 Å². The highest BCUT2D eigenvalue weighted by Gasteiger charge is 2.35. The van der Waals surface area contributed by atoms with E-state index < -0.39 is 20.6 Å². The predicted molar refractivity (Wildman–Crippen MR) is 83.6 cm³/mol. The quantitative estimate of drug-likeness (QED) is 0.614. The Morgan fingerprint density at radius 2 is 2.09 bits per heavy atom. The van der Waals surface area contributed by atoms with Crippen LogP contribution in [0.25, 0.3) is 0 Å². The third-order valence-electron chi connectivity index (χ3n) is 3.83. The molecule has 0 radical (unpaired) electrons. The molecule has 122 valence electrons. The van der Waals surface area contributed by atoms with Gasteiger partial charge in [-0.2, -0.15) is 4.31 Å². The van der Waals surface area contributed by atoms with Gasteiger partial charge < -0.3 is 4.90 Å². The lowest BCUT2D eigenvalue weighted by Crippen LogP contribution is -2.47. The summed E-state index contributed by atoms with van der Waals surface area (Å²) in [5, 5.41) is 11.3. The number of piperidine rings is 1. The van der Waals surface area contributed by atoms with E-state index in [0.717, 1.165) is 18.9 Å². The maximum absolute atomic E-state index is 12.8. The highest BCUT2D eigenvalue weighted by molar-refractivity contribution is 7.89. The molecule has 7 nitrogen and oxygen atoms in total. The van der Waals surface area contributed by atoms with Crippen LogP contribution in [0.3, 0.4) is 0 Å². The van der Waals surface area contributed by atoms with E-state index in [-0.39, 0.29) is 16.0 Å². The molecule has 22 heavy (non-hydrogen) atoms. The molecule has 1 atom stereocenters. The van der Waals surface area contributed by atoms with E-state index in [4.69, 9.17) is 11.6 Å². The summed E-state index contributed by atoms with van der Waals surface area (Å²) in [6.45, 7) is 0.696. The number of benzene rings is 1. The van der Waals surface area contributed by atoms with Crippen LogP contribution in [0.15, 0.2) is 23.1 Å². The Balaban J connectivity index is 2.40. The number of halogens is 1. The highest BCUT2D eigenvalue weighted by atomic mass is 35.5. The summed E-state index contributed by atoms with van der Waals surface area (Å²) in [6.07, 6.45) is 1.63. The molecule has 0 aliphatic carbocycles. The van der Waals surface area contributed by atoms with Crippen LogP contribution >= 0.6 is 11.6 Å². The molecule has 2 rings (SSSR count). The first-order valence-corrected chi connectivity index (χ1v) is 8.66. The van der Waals surface area contributed by atoms with Crippen molar-refractivity contribution in [1.29, 1.82) is 0 Å². The molecule has 9 heteroatoms. The van der Waals surface area contributed by atoms with Gasteiger partial charge in [0.05, 0.1) is 4.92 Å². The van der Waals surface area contributed by atoms with E-state index in [2.05, 4.69) is 0 Å². The third-order valence-corrected chi connectivity index (χ3v) is 5.97. The molecule has 0 unspecified atom stereocenters. The molecular weight excluding hydrogens is 330 g/mol. The minimum Gasteiger partial charge on any atom is -0.305 e. The fourth-order valence-electron chi connectivity index (χ4n) is 2.55. The van der Waals surface area contributed by atoms with E-state index in [1.807, 2.05) is 19.0 Å². The van der Waals surface area contributed by atoms with Gasteiger partial charge in [-0.3, -0.25) is 10.1 Å². The van der Waals surface area contributed by atoms with Gasteiger partial charge in [0.1, 0.15) is 0 Å². The van der Waals surface area contributed by atoms with Gasteiger partial charge in [-0.05, 0) is 39.1 Å². The zero-order chi connectivity index (χ0) is 16.5. The molecule has 1 saturated heterocycles. The fraction of sp³-hybridized carbons (Fsp3) is 0.538. The number of nitrogens with zero attached hydrogens (tertiary/aromatic N) is 3. The van der Waals surface area contributed by atoms with Crippen molar-refractivity contribution in [1.82, 2.24) is 9.21 Å². The van der Waals surface area contributed by atoms with Gasteiger partial charge in [0.25, 0.3) is 5.69 Å². The molecule has 0 saturated carbocycles. The molecule has 1 heterocycles. The fourth-order valence-corrected chi connectivity index (χ4v) is 4.37. The zero-order valence-corrected chi connectivity index (χ0v) is 14.0. The van der Waals surface area contributed by atoms with Crippen molar-refractivity contribution in [3.8, 4) is 0 Å². The molecule has 0 amide bonds. The van der Waals surface area contributed by atoms with Crippen LogP contribution in [0.5, 0.6) is 0 Å². The number of nitro benzene ring substituents is 1. The second-order valence-electron chi connectivity index (χ2n) is 5.49. The second-order valence-corrected chi connectivity index (χ2v) is 7.83. The number of rotatable bonds is 4. The SMILES string of the molecule is CN(C)[C@@H]1CCCN(S(=O)(=O)c2ccc(Cl)cc2[N+](=O)[O-])C1. The minimum absolute atomic E-state index is 0.106. The Morgan fingerprint density at radius 3 is 2.68 bits per heavy atom. The normalized spacial score (nSPS) is 20.3. The van der Waals surface area contributed by atoms with Crippen molar-refractivity contribution in [3.05, 3.63) is 33.3 Å². The summed E-state index contributed by atoms with van der Waals surface area (Å²) in [5.74, 6) is 0. The van der Waals surface area contributed by atoms with Gasteiger partial charge in [-0.1, -0.05) is 11.6 Å². The van der Waals surface area contributed by atoms with Crippen molar-refractivity contribution in [2.75, 3.05) is 27.2 Å². The number of hydrogen-bond donors (Lipinski definition) is 0. The van der Waals surface area contributed by atoms with Crippen LogP contribution in [0, 0.1) is 10.1 Å². The Bertz CT molecular complexity index is 678. The summed E-state index contributed by atoms with van der Waals surface area (Å²) in [5.41, 5.74) is -0.487. The molecule has 0 aromatic heterocycles. The van der Waals surface area contributed by atoms with Crippen molar-refractivity contribution in [3.63, 3.8) is 0 Å². The summed E-state index contributed by atoms with van der Waals surface area (Å²) in [6, 6.07) is 3.74. The van der Waals surface area contributed by atoms with Gasteiger partial charge in [0.15, 0.2) is 4.90 Å². The first kappa shape index (κ1) is 17.1. The van der Waals surface area contributed by atoms with E-state index in [1.54, 1.807) is 0 Å². The van der Waals surface area contributed by atoms with Gasteiger partial charge >= 0.3 is 0 Å². The number of nitro groups is 1. The molecule has 0 N–H and O–H groups in total. The lowest BCUT2D eigenvalue weighted by atomic mass is 10.1. The van der Waals surface area contributed by atoms with Crippen LogP contribution in [0.1, 0.15) is 12.8 Å². The largest absolute Gasteiger partial charge is 0.305 e. The molecule has 1 aromatic rings. The Labute approximate surface area is 134 Å². The molecule has 1 aliphatic rings. The Hall–Kier alpha value is -1.22. The van der Waals surface area contributed by atoms with Gasteiger partial charge in [0.2, 0.25) is 10.0 Å². The van der Waals surface area contributed by atoms with Gasteiger partial charge in [0, 0.05) is 30.2 Å². The lowest BCUT2D eigenvalue weighted by Gasteiger charge is -2.35. The molecule has 1 aliphatic heterocycles. The van der Waals surface area contributed by atoms with Crippen LogP contribution in [-0.2, 0) is 10.0 Å². The molecule has 0 spiro atoms. The average Bonchev–Trinajstić information content (AvgIpc) is 2.46. The maximum atomic E-state index is 12.8. The molecule has 0 bridgehead atoms. The summed E-state index contributed by atoms with van der Waals surface area (Å²) in [4.78, 5) is 12.1. The van der Waals surface area contributed by atoms with Crippen molar-refractivity contribution in [2.24, 2.45) is 0 Å². The predicted octanol–water partition coefficient (Wildman–Crippen LogP) is 1.96. The van der Waals surface area contributed by atoms with Crippen LogP contribution < -0.4 is 0 Å². The first-order chi connectivity index (χ1) is 10.2. The standard InChI is InChI=1S/C13H18ClN3O4S/c1-15(2)11-4-3-7-16(9-11)22(20,21)13-6-5-10(14)8-12(13)17(18)19/h5-6,8,11H,3-4,7,9H2,1-2H3/t11-/m1/s1. The number of hydrogen-bond acceptors (Lipinski definition) is 5. The molecule has 1 aromatic carbocycles. The summed E-state index contributed by atoms with van der Waals surface area (Å²) in [7, 11) is -0.126. The smallest absolute Gasteiger partial charge is 0.290 e. The van der Waals surface area contributed by atoms with Crippen molar-refractivity contribution >= 4 is 27.3 Å². The van der Waals surface area contributed by atoms with E-state index in [1.165, 1.54) is 16.4 Å². The molecular formula is C13H18ClN3O4S. The Morgan fingerprint density at radius 1 is 1.41 bits per heavy atom. The number of sulfonamides is 1. The molecule has 1 fully saturated rings. The third kappa shape index (κ3) is 3.40. The van der Waals surface area contributed by atoms with Gasteiger partial charge in [-0.15, -0.1) is 0 Å². The monoisotopic (exact) mass is 347 g/mol. The van der Waals surface area contributed by atoms with Crippen molar-refractivity contribution < 1.29 is 13.3 Å². The van der Waals surface area contributed by atoms with E-state index in [0.29, 0.717) is 13.1 Å². The Kier molecular flexibility index (Phi) is 5.06.